The monoisotopic (exact) mass is 710 g/mol. The van der Waals surface area contributed by atoms with Crippen LogP contribution < -0.4 is 0 Å². The maximum absolute atomic E-state index is 5.35. The van der Waals surface area contributed by atoms with Crippen molar-refractivity contribution in [3.63, 3.8) is 0 Å². The van der Waals surface area contributed by atoms with E-state index in [9.17, 15) is 0 Å². The summed E-state index contributed by atoms with van der Waals surface area (Å²) >= 11 is 0. The van der Waals surface area contributed by atoms with Crippen LogP contribution in [0.5, 0.6) is 0 Å². The van der Waals surface area contributed by atoms with Gasteiger partial charge in [0.1, 0.15) is 5.82 Å². The van der Waals surface area contributed by atoms with E-state index >= 15 is 0 Å². The van der Waals surface area contributed by atoms with Gasteiger partial charge in [0.25, 0.3) is 0 Å². The first-order valence-corrected chi connectivity index (χ1v) is 19.7. The van der Waals surface area contributed by atoms with Crippen LogP contribution in [0.1, 0.15) is 66.4 Å². The Morgan fingerprint density at radius 3 is 2.11 bits per heavy atom. The van der Waals surface area contributed by atoms with E-state index in [2.05, 4.69) is 170 Å². The van der Waals surface area contributed by atoms with Crippen LogP contribution in [0.4, 0.5) is 0 Å². The van der Waals surface area contributed by atoms with Crippen molar-refractivity contribution in [2.24, 2.45) is 16.8 Å². The van der Waals surface area contributed by atoms with Gasteiger partial charge in [-0.25, -0.2) is 15.0 Å². The van der Waals surface area contributed by atoms with Gasteiger partial charge in [0.05, 0.1) is 11.8 Å². The summed E-state index contributed by atoms with van der Waals surface area (Å²) < 4.78 is 0. The lowest BCUT2D eigenvalue weighted by Crippen LogP contribution is -2.35. The van der Waals surface area contributed by atoms with Crippen LogP contribution in [0.3, 0.4) is 0 Å². The molecule has 4 heteroatoms. The summed E-state index contributed by atoms with van der Waals surface area (Å²) in [7, 11) is 0. The Labute approximate surface area is 323 Å². The maximum atomic E-state index is 5.35. The SMILES string of the molecule is C1=CCCC(c2nc(-c3cccc(-c4ccc(C5=CC=C6C=CC7N=C(c8ccccc8)C=C(c8ccccc8)C7C6C5)cc4)c3)nc(C3C=CCC3)n2)=C1. The zero-order valence-corrected chi connectivity index (χ0v) is 30.8. The van der Waals surface area contributed by atoms with E-state index in [1.54, 1.807) is 0 Å². The quantitative estimate of drug-likeness (QED) is 0.158. The number of fused-ring (bicyclic) bond motifs is 3. The summed E-state index contributed by atoms with van der Waals surface area (Å²) in [5.74, 6) is 3.28. The topological polar surface area (TPSA) is 51.0 Å². The Balaban J connectivity index is 0.931. The van der Waals surface area contributed by atoms with E-state index in [0.717, 1.165) is 72.0 Å². The van der Waals surface area contributed by atoms with Crippen LogP contribution in [0, 0.1) is 11.8 Å². The molecule has 4 aromatic carbocycles. The minimum absolute atomic E-state index is 0.0916. The Bertz CT molecular complexity index is 2510. The average molecular weight is 711 g/mol. The average Bonchev–Trinajstić information content (AvgIpc) is 3.82. The fraction of sp³-hybridized carbons (Fsp3) is 0.176. The zero-order valence-electron chi connectivity index (χ0n) is 30.8. The van der Waals surface area contributed by atoms with E-state index in [0.29, 0.717) is 5.92 Å². The highest BCUT2D eigenvalue weighted by atomic mass is 15.0. The summed E-state index contributed by atoms with van der Waals surface area (Å²) in [6, 6.07) is 39.4. The summed E-state index contributed by atoms with van der Waals surface area (Å²) in [5.41, 5.74) is 13.4. The molecule has 4 nitrogen and oxygen atoms in total. The molecule has 1 aromatic heterocycles. The number of aromatic nitrogens is 3. The van der Waals surface area contributed by atoms with Crippen molar-refractivity contribution < 1.29 is 0 Å². The normalized spacial score (nSPS) is 22.5. The van der Waals surface area contributed by atoms with Crippen LogP contribution in [0.2, 0.25) is 0 Å². The van der Waals surface area contributed by atoms with Crippen molar-refractivity contribution in [3.05, 3.63) is 204 Å². The van der Waals surface area contributed by atoms with Crippen LogP contribution in [0.25, 0.3) is 39.2 Å². The third kappa shape index (κ3) is 6.63. The van der Waals surface area contributed by atoms with Crippen LogP contribution in [-0.4, -0.2) is 26.7 Å². The zero-order chi connectivity index (χ0) is 36.6. The van der Waals surface area contributed by atoms with Gasteiger partial charge in [0.2, 0.25) is 0 Å². The molecular formula is C51H42N4. The number of rotatable bonds is 7. The summed E-state index contributed by atoms with van der Waals surface area (Å²) in [6.45, 7) is 0. The molecule has 5 aliphatic rings. The molecule has 0 amide bonds. The third-order valence-electron chi connectivity index (χ3n) is 11.8. The smallest absolute Gasteiger partial charge is 0.163 e. The molecule has 4 unspecified atom stereocenters. The van der Waals surface area contributed by atoms with E-state index in [1.807, 2.05) is 0 Å². The number of allylic oxidation sites excluding steroid dienone is 12. The Hall–Kier alpha value is -6.26. The molecular weight excluding hydrogens is 669 g/mol. The van der Waals surface area contributed by atoms with Gasteiger partial charge in [-0.2, -0.15) is 0 Å². The third-order valence-corrected chi connectivity index (χ3v) is 11.8. The van der Waals surface area contributed by atoms with Gasteiger partial charge in [0, 0.05) is 17.4 Å². The van der Waals surface area contributed by atoms with Crippen molar-refractivity contribution in [2.45, 2.75) is 44.1 Å². The Morgan fingerprint density at radius 2 is 1.33 bits per heavy atom. The van der Waals surface area contributed by atoms with Gasteiger partial charge >= 0.3 is 0 Å². The summed E-state index contributed by atoms with van der Waals surface area (Å²) in [4.78, 5) is 20.4. The predicted octanol–water partition coefficient (Wildman–Crippen LogP) is 11.8. The standard InChI is InChI=1S/C51H42N4/c1-4-13-36(14-5-1)45-33-47(38-15-6-2-7-16-38)52-46-30-29-37-27-28-42(32-44(37)48(45)46)35-25-23-34(24-26-35)41-21-12-22-43(31-41)51-54-49(39-17-8-3-9-18-39)53-50(55-51)40-19-10-11-20-40/h1-8,10,12-17,19,21-31,33,40,44,46,48H,9,11,18,20,32H2. The first-order chi connectivity index (χ1) is 27.2. The molecule has 10 rings (SSSR count). The minimum atomic E-state index is 0.0916. The molecule has 4 atom stereocenters. The van der Waals surface area contributed by atoms with Crippen molar-refractivity contribution in [3.8, 4) is 22.5 Å². The van der Waals surface area contributed by atoms with E-state index < -0.39 is 0 Å². The molecule has 2 heterocycles. The van der Waals surface area contributed by atoms with Crippen LogP contribution in [-0.2, 0) is 0 Å². The highest BCUT2D eigenvalue weighted by molar-refractivity contribution is 6.13. The van der Waals surface area contributed by atoms with Gasteiger partial charge in [-0.15, -0.1) is 0 Å². The highest BCUT2D eigenvalue weighted by Crippen LogP contribution is 2.48. The molecule has 0 bridgehead atoms. The van der Waals surface area contributed by atoms with E-state index in [1.165, 1.54) is 39.0 Å². The molecule has 0 spiro atoms. The molecule has 266 valence electrons. The van der Waals surface area contributed by atoms with Gasteiger partial charge in [-0.1, -0.05) is 158 Å². The van der Waals surface area contributed by atoms with Crippen molar-refractivity contribution >= 4 is 22.4 Å². The fourth-order valence-electron chi connectivity index (χ4n) is 8.86. The van der Waals surface area contributed by atoms with Gasteiger partial charge < -0.3 is 0 Å². The molecule has 4 aliphatic carbocycles. The first kappa shape index (κ1) is 33.3. The first-order valence-electron chi connectivity index (χ1n) is 19.7. The molecule has 0 N–H and O–H groups in total. The lowest BCUT2D eigenvalue weighted by molar-refractivity contribution is 0.426. The number of hydrogen-bond acceptors (Lipinski definition) is 4. The molecule has 55 heavy (non-hydrogen) atoms. The lowest BCUT2D eigenvalue weighted by atomic mass is 9.66. The number of benzene rings is 4. The molecule has 0 fully saturated rings. The summed E-state index contributed by atoms with van der Waals surface area (Å²) in [5, 5.41) is 0. The predicted molar refractivity (Wildman–Crippen MR) is 226 cm³/mol. The van der Waals surface area contributed by atoms with Crippen LogP contribution in [0.15, 0.2) is 181 Å². The second-order valence-corrected chi connectivity index (χ2v) is 15.2. The van der Waals surface area contributed by atoms with E-state index in [4.69, 9.17) is 19.9 Å². The second kappa shape index (κ2) is 14.5. The highest BCUT2D eigenvalue weighted by Gasteiger charge is 2.39. The Kier molecular flexibility index (Phi) is 8.80. The van der Waals surface area contributed by atoms with Crippen molar-refractivity contribution in [1.82, 2.24) is 15.0 Å². The molecule has 1 aliphatic heterocycles. The summed E-state index contributed by atoms with van der Waals surface area (Å²) in [6.07, 6.45) is 27.7. The second-order valence-electron chi connectivity index (χ2n) is 15.2. The van der Waals surface area contributed by atoms with Gasteiger partial charge in [-0.05, 0) is 100 Å². The van der Waals surface area contributed by atoms with Gasteiger partial charge in [-0.3, -0.25) is 4.99 Å². The van der Waals surface area contributed by atoms with Crippen molar-refractivity contribution in [2.75, 3.05) is 0 Å². The number of aliphatic imine (C=N–C) groups is 1. The molecule has 5 aromatic rings. The minimum Gasteiger partial charge on any atom is -0.277 e. The van der Waals surface area contributed by atoms with Crippen molar-refractivity contribution in [1.29, 1.82) is 0 Å². The van der Waals surface area contributed by atoms with E-state index in [-0.39, 0.29) is 17.9 Å². The van der Waals surface area contributed by atoms with Gasteiger partial charge in [0.15, 0.2) is 11.6 Å². The fourth-order valence-corrected chi connectivity index (χ4v) is 8.86. The number of hydrogen-bond donors (Lipinski definition) is 0. The molecule has 0 radical (unpaired) electrons. The maximum Gasteiger partial charge on any atom is 0.163 e. The number of dihydropyridines is 1. The number of nitrogens with zero attached hydrogens (tertiary/aromatic N) is 4. The Morgan fingerprint density at radius 1 is 0.564 bits per heavy atom. The molecule has 0 saturated heterocycles. The molecule has 0 saturated carbocycles. The largest absolute Gasteiger partial charge is 0.277 e. The van der Waals surface area contributed by atoms with Crippen LogP contribution >= 0.6 is 0 Å². The lowest BCUT2D eigenvalue weighted by Gasteiger charge is -2.40.